The van der Waals surface area contributed by atoms with Gasteiger partial charge in [-0.3, -0.25) is 0 Å². The summed E-state index contributed by atoms with van der Waals surface area (Å²) in [6, 6.07) is 12.2. The average Bonchev–Trinajstić information content (AvgIpc) is 3.73. The molecule has 0 spiro atoms. The lowest BCUT2D eigenvalue weighted by Gasteiger charge is -2.20. The summed E-state index contributed by atoms with van der Waals surface area (Å²) in [6.45, 7) is 36.4. The molecule has 0 saturated heterocycles. The number of aryl methyl sites for hydroxylation is 2. The maximum absolute atomic E-state index is 2.44. The van der Waals surface area contributed by atoms with Gasteiger partial charge in [0, 0.05) is 22.3 Å². The van der Waals surface area contributed by atoms with Crippen molar-refractivity contribution in [3.8, 4) is 11.4 Å². The molecule has 5 rings (SSSR count). The van der Waals surface area contributed by atoms with Crippen molar-refractivity contribution in [1.82, 2.24) is 9.13 Å². The van der Waals surface area contributed by atoms with E-state index in [0.717, 1.165) is 13.1 Å². The van der Waals surface area contributed by atoms with E-state index >= 15 is 0 Å². The first kappa shape index (κ1) is 38.3. The van der Waals surface area contributed by atoms with E-state index in [2.05, 4.69) is 190 Å². The van der Waals surface area contributed by atoms with E-state index in [1.807, 2.05) is 0 Å². The fraction of sp³-hybridized carbons (Fsp3) is 0.489. The Kier molecular flexibility index (Phi) is 11.5. The van der Waals surface area contributed by atoms with Crippen molar-refractivity contribution in [1.29, 1.82) is 0 Å². The predicted octanol–water partition coefficient (Wildman–Crippen LogP) is 11.6. The van der Waals surface area contributed by atoms with E-state index in [-0.39, 0.29) is 0 Å². The minimum atomic E-state index is 0.442. The molecule has 272 valence electrons. The van der Waals surface area contributed by atoms with E-state index in [0.29, 0.717) is 35.5 Å². The largest absolute Gasteiger partial charge is 0.249 e. The molecule has 3 aromatic carbocycles. The molecule has 51 heavy (non-hydrogen) atoms. The summed E-state index contributed by atoms with van der Waals surface area (Å²) < 4.78 is 9.48. The monoisotopic (exact) mass is 687 g/mol. The Morgan fingerprint density at radius 1 is 0.451 bits per heavy atom. The SMILES string of the molecule is Cc1cc(C)c(C[n+]2ccn(-c3c(C(C)C)cc(C(C)C)cc3C(C)C)c2)c(C)c1C[n+]1ccn(-c2c(C(C)C)cc(C(C)C)cc2C(C)C)c1. The molecule has 0 amide bonds. The van der Waals surface area contributed by atoms with Crippen LogP contribution in [0.4, 0.5) is 0 Å². The molecule has 0 bridgehead atoms. The van der Waals surface area contributed by atoms with Crippen molar-refractivity contribution in [2.24, 2.45) is 0 Å². The first-order chi connectivity index (χ1) is 24.0. The normalized spacial score (nSPS) is 12.3. The zero-order chi connectivity index (χ0) is 37.5. The molecule has 0 saturated carbocycles. The fourth-order valence-electron chi connectivity index (χ4n) is 7.80. The molecular formula is C47H66N4+2. The van der Waals surface area contributed by atoms with Gasteiger partial charge in [-0.1, -0.05) is 113 Å². The highest BCUT2D eigenvalue weighted by Crippen LogP contribution is 2.36. The van der Waals surface area contributed by atoms with Crippen molar-refractivity contribution in [3.05, 3.63) is 129 Å². The van der Waals surface area contributed by atoms with Gasteiger partial charge in [-0.25, -0.2) is 18.3 Å². The van der Waals surface area contributed by atoms with Gasteiger partial charge in [0.1, 0.15) is 49.3 Å². The summed E-state index contributed by atoms with van der Waals surface area (Å²) in [7, 11) is 0. The minimum absolute atomic E-state index is 0.442. The summed E-state index contributed by atoms with van der Waals surface area (Å²) in [5.41, 5.74) is 18.2. The van der Waals surface area contributed by atoms with Gasteiger partial charge in [0.2, 0.25) is 12.7 Å². The van der Waals surface area contributed by atoms with Crippen molar-refractivity contribution >= 4 is 0 Å². The highest BCUT2D eigenvalue weighted by atomic mass is 15.1. The number of hydrogen-bond donors (Lipinski definition) is 0. The van der Waals surface area contributed by atoms with Crippen LogP contribution in [0.2, 0.25) is 0 Å². The Labute approximate surface area is 310 Å². The van der Waals surface area contributed by atoms with Crippen molar-refractivity contribution in [3.63, 3.8) is 0 Å². The zero-order valence-corrected chi connectivity index (χ0v) is 34.5. The number of nitrogens with zero attached hydrogens (tertiary/aromatic N) is 4. The summed E-state index contributed by atoms with van der Waals surface area (Å²) >= 11 is 0. The molecule has 0 radical (unpaired) electrons. The van der Waals surface area contributed by atoms with Gasteiger partial charge in [-0.2, -0.15) is 0 Å². The Balaban J connectivity index is 1.50. The van der Waals surface area contributed by atoms with Crippen LogP contribution in [0.3, 0.4) is 0 Å². The molecule has 4 heteroatoms. The maximum Gasteiger partial charge on any atom is 0.249 e. The molecule has 0 N–H and O–H groups in total. The molecular weight excluding hydrogens is 621 g/mol. The smallest absolute Gasteiger partial charge is 0.232 e. The average molecular weight is 687 g/mol. The third-order valence-electron chi connectivity index (χ3n) is 11.1. The third-order valence-corrected chi connectivity index (χ3v) is 11.1. The van der Waals surface area contributed by atoms with E-state index < -0.39 is 0 Å². The number of benzene rings is 3. The van der Waals surface area contributed by atoms with E-state index in [1.165, 1.54) is 72.6 Å². The van der Waals surface area contributed by atoms with E-state index in [4.69, 9.17) is 0 Å². The Morgan fingerprint density at radius 2 is 0.765 bits per heavy atom. The van der Waals surface area contributed by atoms with Gasteiger partial charge >= 0.3 is 0 Å². The maximum atomic E-state index is 2.44. The number of imidazole rings is 2. The van der Waals surface area contributed by atoms with Crippen LogP contribution in [0.1, 0.15) is 180 Å². The highest BCUT2D eigenvalue weighted by molar-refractivity contribution is 5.55. The molecule has 0 atom stereocenters. The van der Waals surface area contributed by atoms with Gasteiger partial charge in [0.25, 0.3) is 0 Å². The Hall–Kier alpha value is -3.92. The van der Waals surface area contributed by atoms with Gasteiger partial charge in [0.05, 0.1) is 0 Å². The molecule has 0 fully saturated rings. The van der Waals surface area contributed by atoms with Crippen LogP contribution in [0, 0.1) is 20.8 Å². The number of rotatable bonds is 12. The summed E-state index contributed by atoms with van der Waals surface area (Å²) in [4.78, 5) is 0. The topological polar surface area (TPSA) is 17.6 Å². The molecule has 2 heterocycles. The van der Waals surface area contributed by atoms with Crippen molar-refractivity contribution in [2.75, 3.05) is 0 Å². The second-order valence-electron chi connectivity index (χ2n) is 17.1. The zero-order valence-electron chi connectivity index (χ0n) is 34.5. The van der Waals surface area contributed by atoms with Crippen LogP contribution in [0.5, 0.6) is 0 Å². The second kappa shape index (κ2) is 15.4. The molecule has 2 aromatic heterocycles. The van der Waals surface area contributed by atoms with Crippen LogP contribution in [0.25, 0.3) is 11.4 Å². The van der Waals surface area contributed by atoms with Gasteiger partial charge in [0.15, 0.2) is 0 Å². The molecule has 4 nitrogen and oxygen atoms in total. The van der Waals surface area contributed by atoms with E-state index in [1.54, 1.807) is 0 Å². The van der Waals surface area contributed by atoms with Crippen LogP contribution in [-0.2, 0) is 13.1 Å². The van der Waals surface area contributed by atoms with Crippen molar-refractivity contribution < 1.29 is 9.13 Å². The summed E-state index contributed by atoms with van der Waals surface area (Å²) in [6.07, 6.45) is 13.6. The van der Waals surface area contributed by atoms with Crippen LogP contribution >= 0.6 is 0 Å². The highest BCUT2D eigenvalue weighted by Gasteiger charge is 2.25. The lowest BCUT2D eigenvalue weighted by atomic mass is 9.87. The number of hydrogen-bond acceptors (Lipinski definition) is 0. The third kappa shape index (κ3) is 7.96. The molecule has 0 aliphatic heterocycles. The van der Waals surface area contributed by atoms with E-state index in [9.17, 15) is 0 Å². The summed E-state index contributed by atoms with van der Waals surface area (Å²) in [5.74, 6) is 2.78. The van der Waals surface area contributed by atoms with Crippen LogP contribution in [0.15, 0.2) is 67.8 Å². The lowest BCUT2D eigenvalue weighted by Crippen LogP contribution is -2.35. The molecule has 0 aliphatic carbocycles. The Bertz CT molecular complexity index is 1790. The quantitative estimate of drug-likeness (QED) is 0.116. The minimum Gasteiger partial charge on any atom is -0.232 e. The van der Waals surface area contributed by atoms with Crippen LogP contribution < -0.4 is 9.13 Å². The standard InChI is InChI=1S/C47H66N4/c1-29(2)38-21-40(31(5)6)46(41(22-38)32(7)8)50-18-16-48(27-50)25-44-35(13)20-36(14)45(37(44)15)26-49-17-19-51(28-49)47-42(33(9)10)23-39(30(3)4)24-43(47)34(11)12/h16-24,27-34H,25-26H2,1-15H3/q+2. The lowest BCUT2D eigenvalue weighted by molar-refractivity contribution is -0.688. The summed E-state index contributed by atoms with van der Waals surface area (Å²) in [5, 5.41) is 0. The molecule has 5 aromatic rings. The Morgan fingerprint density at radius 3 is 1.04 bits per heavy atom. The van der Waals surface area contributed by atoms with Crippen molar-refractivity contribution in [2.45, 2.75) is 152 Å². The first-order valence-corrected chi connectivity index (χ1v) is 19.6. The van der Waals surface area contributed by atoms with Gasteiger partial charge < -0.3 is 0 Å². The van der Waals surface area contributed by atoms with Gasteiger partial charge in [-0.05, 0) is 95.2 Å². The van der Waals surface area contributed by atoms with Gasteiger partial charge in [-0.15, -0.1) is 0 Å². The first-order valence-electron chi connectivity index (χ1n) is 19.6. The second-order valence-corrected chi connectivity index (χ2v) is 17.1. The molecule has 0 aliphatic rings. The number of aromatic nitrogens is 4. The van der Waals surface area contributed by atoms with Crippen LogP contribution in [-0.4, -0.2) is 9.13 Å². The predicted molar refractivity (Wildman–Crippen MR) is 215 cm³/mol. The fourth-order valence-corrected chi connectivity index (χ4v) is 7.80. The molecule has 0 unspecified atom stereocenters.